The standard InChI is InChI=1S/C15H24N6S/c1-2-16-15(18-9-7-14-6-5-11-22-14)17-8-3-4-10-21-12-19-20-13-21/h5-6,11-13H,2-4,7-10H2,1H3,(H2,16,17,18). The van der Waals surface area contributed by atoms with E-state index < -0.39 is 0 Å². The number of thiophene rings is 1. The Morgan fingerprint density at radius 2 is 2.14 bits per heavy atom. The van der Waals surface area contributed by atoms with E-state index in [0.717, 1.165) is 51.4 Å². The number of guanidine groups is 1. The van der Waals surface area contributed by atoms with Crippen LogP contribution in [-0.2, 0) is 13.0 Å². The van der Waals surface area contributed by atoms with Crippen molar-refractivity contribution in [2.75, 3.05) is 19.6 Å². The van der Waals surface area contributed by atoms with Crippen LogP contribution in [0.4, 0.5) is 0 Å². The highest BCUT2D eigenvalue weighted by Gasteiger charge is 1.98. The molecule has 0 amide bonds. The molecular formula is C15H24N6S. The number of aliphatic imine (C=N–C) groups is 1. The van der Waals surface area contributed by atoms with E-state index in [2.05, 4.69) is 50.3 Å². The molecule has 0 aromatic carbocycles. The van der Waals surface area contributed by atoms with Gasteiger partial charge in [0.2, 0.25) is 0 Å². The average molecular weight is 320 g/mol. The van der Waals surface area contributed by atoms with Gasteiger partial charge in [-0.05, 0) is 37.6 Å². The molecule has 120 valence electrons. The third-order valence-corrected chi connectivity index (χ3v) is 4.09. The molecule has 0 radical (unpaired) electrons. The number of hydrogen-bond acceptors (Lipinski definition) is 4. The van der Waals surface area contributed by atoms with Gasteiger partial charge in [-0.2, -0.15) is 0 Å². The third-order valence-electron chi connectivity index (χ3n) is 3.15. The molecule has 0 aliphatic rings. The first-order chi connectivity index (χ1) is 10.9. The Kier molecular flexibility index (Phi) is 7.45. The number of aryl methyl sites for hydroxylation is 1. The van der Waals surface area contributed by atoms with Gasteiger partial charge in [0.1, 0.15) is 12.7 Å². The van der Waals surface area contributed by atoms with E-state index >= 15 is 0 Å². The van der Waals surface area contributed by atoms with Crippen molar-refractivity contribution in [2.45, 2.75) is 32.7 Å². The van der Waals surface area contributed by atoms with Crippen molar-refractivity contribution in [3.63, 3.8) is 0 Å². The minimum atomic E-state index is 0.830. The minimum Gasteiger partial charge on any atom is -0.357 e. The number of rotatable bonds is 9. The molecule has 0 saturated carbocycles. The van der Waals surface area contributed by atoms with Gasteiger partial charge in [-0.15, -0.1) is 21.5 Å². The van der Waals surface area contributed by atoms with Gasteiger partial charge >= 0.3 is 0 Å². The molecule has 0 unspecified atom stereocenters. The molecule has 0 aliphatic heterocycles. The maximum atomic E-state index is 4.61. The molecule has 22 heavy (non-hydrogen) atoms. The Balaban J connectivity index is 1.63. The van der Waals surface area contributed by atoms with E-state index in [9.17, 15) is 0 Å². The molecule has 0 saturated heterocycles. The Morgan fingerprint density at radius 1 is 1.27 bits per heavy atom. The van der Waals surface area contributed by atoms with Crippen LogP contribution in [-0.4, -0.2) is 40.4 Å². The maximum absolute atomic E-state index is 4.61. The Morgan fingerprint density at radius 3 is 2.86 bits per heavy atom. The fourth-order valence-electron chi connectivity index (χ4n) is 2.04. The summed E-state index contributed by atoms with van der Waals surface area (Å²) >= 11 is 1.80. The molecule has 2 heterocycles. The van der Waals surface area contributed by atoms with Gasteiger partial charge in [-0.1, -0.05) is 6.07 Å². The van der Waals surface area contributed by atoms with Crippen molar-refractivity contribution in [3.05, 3.63) is 35.0 Å². The molecule has 2 aromatic heterocycles. The lowest BCUT2D eigenvalue weighted by molar-refractivity contribution is 0.611. The summed E-state index contributed by atoms with van der Waals surface area (Å²) in [5.41, 5.74) is 0. The molecule has 2 aromatic rings. The van der Waals surface area contributed by atoms with E-state index in [1.165, 1.54) is 4.88 Å². The number of aromatic nitrogens is 3. The van der Waals surface area contributed by atoms with Crippen molar-refractivity contribution < 1.29 is 0 Å². The van der Waals surface area contributed by atoms with Crippen molar-refractivity contribution in [3.8, 4) is 0 Å². The summed E-state index contributed by atoms with van der Waals surface area (Å²) in [4.78, 5) is 6.01. The second kappa shape index (κ2) is 9.94. The lowest BCUT2D eigenvalue weighted by atomic mass is 10.3. The molecule has 0 aliphatic carbocycles. The molecule has 0 spiro atoms. The summed E-state index contributed by atoms with van der Waals surface area (Å²) < 4.78 is 1.99. The van der Waals surface area contributed by atoms with Gasteiger partial charge in [0.05, 0.1) is 0 Å². The predicted molar refractivity (Wildman–Crippen MR) is 91.3 cm³/mol. The molecule has 0 atom stereocenters. The molecule has 2 N–H and O–H groups in total. The first kappa shape index (κ1) is 16.5. The van der Waals surface area contributed by atoms with E-state index in [0.29, 0.717) is 0 Å². The van der Waals surface area contributed by atoms with Crippen molar-refractivity contribution >= 4 is 17.3 Å². The normalized spacial score (nSPS) is 11.6. The Hall–Kier alpha value is -1.89. The van der Waals surface area contributed by atoms with Crippen molar-refractivity contribution in [1.29, 1.82) is 0 Å². The fourth-order valence-corrected chi connectivity index (χ4v) is 2.74. The average Bonchev–Trinajstić information content (AvgIpc) is 3.20. The van der Waals surface area contributed by atoms with E-state index in [-0.39, 0.29) is 0 Å². The molecule has 2 rings (SSSR count). The molecule has 6 nitrogen and oxygen atoms in total. The van der Waals surface area contributed by atoms with Crippen LogP contribution in [0.3, 0.4) is 0 Å². The lowest BCUT2D eigenvalue weighted by Gasteiger charge is -2.10. The quantitative estimate of drug-likeness (QED) is 0.421. The van der Waals surface area contributed by atoms with Crippen LogP contribution in [0.15, 0.2) is 35.2 Å². The van der Waals surface area contributed by atoms with Gasteiger partial charge in [0.25, 0.3) is 0 Å². The van der Waals surface area contributed by atoms with Crippen LogP contribution in [0.2, 0.25) is 0 Å². The molecule has 0 bridgehead atoms. The Labute approximate surface area is 135 Å². The van der Waals surface area contributed by atoms with Gasteiger partial charge in [0, 0.05) is 31.1 Å². The zero-order chi connectivity index (χ0) is 15.5. The summed E-state index contributed by atoms with van der Waals surface area (Å²) in [5.74, 6) is 0.906. The van der Waals surface area contributed by atoms with Gasteiger partial charge < -0.3 is 15.2 Å². The fraction of sp³-hybridized carbons (Fsp3) is 0.533. The number of nitrogens with one attached hydrogen (secondary N) is 2. The number of unbranched alkanes of at least 4 members (excludes halogenated alkanes) is 1. The molecular weight excluding hydrogens is 296 g/mol. The summed E-state index contributed by atoms with van der Waals surface area (Å²) in [6.07, 6.45) is 6.67. The summed E-state index contributed by atoms with van der Waals surface area (Å²) in [6.45, 7) is 5.66. The highest BCUT2D eigenvalue weighted by Crippen LogP contribution is 2.07. The van der Waals surface area contributed by atoms with Crippen LogP contribution < -0.4 is 10.6 Å². The van der Waals surface area contributed by atoms with E-state index in [1.807, 2.05) is 4.57 Å². The van der Waals surface area contributed by atoms with E-state index in [1.54, 1.807) is 24.0 Å². The van der Waals surface area contributed by atoms with Gasteiger partial charge in [-0.3, -0.25) is 4.99 Å². The first-order valence-electron chi connectivity index (χ1n) is 7.75. The lowest BCUT2D eigenvalue weighted by Crippen LogP contribution is -2.38. The monoisotopic (exact) mass is 320 g/mol. The highest BCUT2D eigenvalue weighted by atomic mass is 32.1. The summed E-state index contributed by atoms with van der Waals surface area (Å²) in [7, 11) is 0. The predicted octanol–water partition coefficient (Wildman–Crippen LogP) is 1.92. The van der Waals surface area contributed by atoms with E-state index in [4.69, 9.17) is 0 Å². The summed E-state index contributed by atoms with van der Waals surface area (Å²) in [5, 5.41) is 16.4. The van der Waals surface area contributed by atoms with Crippen LogP contribution in [0, 0.1) is 0 Å². The zero-order valence-corrected chi connectivity index (χ0v) is 13.9. The largest absolute Gasteiger partial charge is 0.357 e. The highest BCUT2D eigenvalue weighted by molar-refractivity contribution is 7.09. The zero-order valence-electron chi connectivity index (χ0n) is 13.0. The Bertz CT molecular complexity index is 520. The van der Waals surface area contributed by atoms with Crippen molar-refractivity contribution in [1.82, 2.24) is 25.4 Å². The van der Waals surface area contributed by atoms with Crippen LogP contribution >= 0.6 is 11.3 Å². The van der Waals surface area contributed by atoms with Crippen LogP contribution in [0.1, 0.15) is 24.6 Å². The first-order valence-corrected chi connectivity index (χ1v) is 8.63. The minimum absolute atomic E-state index is 0.830. The van der Waals surface area contributed by atoms with Gasteiger partial charge in [-0.25, -0.2) is 0 Å². The number of hydrogen-bond donors (Lipinski definition) is 2. The SMILES string of the molecule is CCNC(=NCCCCn1cnnc1)NCCc1cccs1. The van der Waals surface area contributed by atoms with Gasteiger partial charge in [0.15, 0.2) is 5.96 Å². The molecule has 0 fully saturated rings. The van der Waals surface area contributed by atoms with Crippen LogP contribution in [0.5, 0.6) is 0 Å². The topological polar surface area (TPSA) is 67.1 Å². The maximum Gasteiger partial charge on any atom is 0.191 e. The second-order valence-electron chi connectivity index (χ2n) is 4.92. The van der Waals surface area contributed by atoms with Crippen LogP contribution in [0.25, 0.3) is 0 Å². The smallest absolute Gasteiger partial charge is 0.191 e. The number of nitrogens with zero attached hydrogens (tertiary/aromatic N) is 4. The molecule has 7 heteroatoms. The summed E-state index contributed by atoms with van der Waals surface area (Å²) in [6, 6.07) is 4.26. The van der Waals surface area contributed by atoms with Crippen molar-refractivity contribution in [2.24, 2.45) is 4.99 Å². The second-order valence-corrected chi connectivity index (χ2v) is 5.96. The third kappa shape index (κ3) is 6.26.